The number of aromatic nitrogens is 3. The second-order valence-electron chi connectivity index (χ2n) is 8.05. The number of benzene rings is 2. The van der Waals surface area contributed by atoms with Gasteiger partial charge in [-0.3, -0.25) is 14.3 Å². The Hall–Kier alpha value is -2.84. The highest BCUT2D eigenvalue weighted by Crippen LogP contribution is 2.22. The van der Waals surface area contributed by atoms with E-state index >= 15 is 0 Å². The van der Waals surface area contributed by atoms with E-state index in [2.05, 4.69) is 39.4 Å². The fourth-order valence-electron chi connectivity index (χ4n) is 3.91. The number of nitrogens with one attached hydrogen (secondary N) is 1. The number of aromatic amines is 1. The number of nitrogens with zero attached hydrogens (tertiary/aromatic N) is 4. The summed E-state index contributed by atoms with van der Waals surface area (Å²) in [4.78, 5) is 29.6. The Morgan fingerprint density at radius 2 is 1.62 bits per heavy atom. The smallest absolute Gasteiger partial charge is 0.339 e. The minimum Gasteiger partial charge on any atom is -0.339 e. The van der Waals surface area contributed by atoms with Crippen molar-refractivity contribution in [2.24, 2.45) is 0 Å². The van der Waals surface area contributed by atoms with Gasteiger partial charge in [0, 0.05) is 39.3 Å². The molecule has 4 rings (SSSR count). The van der Waals surface area contributed by atoms with E-state index in [0.717, 1.165) is 44.7 Å². The highest BCUT2D eigenvalue weighted by atomic mass is 32.2. The van der Waals surface area contributed by atoms with Crippen LogP contribution in [0.2, 0.25) is 0 Å². The zero-order valence-corrected chi connectivity index (χ0v) is 19.1. The molecule has 2 heterocycles. The van der Waals surface area contributed by atoms with Gasteiger partial charge in [-0.2, -0.15) is 0 Å². The molecule has 1 aliphatic heterocycles. The highest BCUT2D eigenvalue weighted by Gasteiger charge is 2.27. The molecule has 1 aromatic heterocycles. The lowest BCUT2D eigenvalue weighted by Crippen LogP contribution is -2.50. The first kappa shape index (κ1) is 22.4. The number of H-pyrrole nitrogens is 1. The first-order chi connectivity index (χ1) is 15.6. The monoisotopic (exact) mass is 451 g/mol. The van der Waals surface area contributed by atoms with Crippen LogP contribution in [0.4, 0.5) is 0 Å². The largest absolute Gasteiger partial charge is 0.343 e. The molecule has 2 aromatic carbocycles. The number of carbonyl (C=O) groups excluding carboxylic acids is 1. The number of amides is 1. The van der Waals surface area contributed by atoms with Crippen LogP contribution in [-0.4, -0.2) is 61.9 Å². The zero-order valence-electron chi connectivity index (χ0n) is 18.3. The summed E-state index contributed by atoms with van der Waals surface area (Å²) in [7, 11) is 0. The molecule has 0 bridgehead atoms. The maximum absolute atomic E-state index is 13.0. The molecule has 1 N–H and O–H groups in total. The maximum atomic E-state index is 13.0. The summed E-state index contributed by atoms with van der Waals surface area (Å²) in [6.07, 6.45) is 0.736. The first-order valence-electron chi connectivity index (χ1n) is 11.0. The molecule has 3 aromatic rings. The van der Waals surface area contributed by atoms with Gasteiger partial charge in [0.05, 0.1) is 5.25 Å². The third-order valence-corrected chi connectivity index (χ3v) is 6.83. The molecule has 7 nitrogen and oxygen atoms in total. The molecule has 32 heavy (non-hydrogen) atoms. The standard InChI is InChI=1S/C24H29N5O2S/c1-19(22(30)28-16-14-27(15-17-28)18-21-10-6-3-7-11-21)32-24-26-25-23(31)29(24)13-12-20-8-4-2-5-9-20/h2-11,19H,12-18H2,1H3,(H,25,31)/t19-/m1/s1. The molecule has 0 radical (unpaired) electrons. The fraction of sp³-hybridized carbons (Fsp3) is 0.375. The van der Waals surface area contributed by atoms with Gasteiger partial charge in [0.15, 0.2) is 5.16 Å². The first-order valence-corrected chi connectivity index (χ1v) is 11.9. The van der Waals surface area contributed by atoms with Gasteiger partial charge in [-0.1, -0.05) is 72.4 Å². The topological polar surface area (TPSA) is 74.2 Å². The third kappa shape index (κ3) is 5.69. The predicted octanol–water partition coefficient (Wildman–Crippen LogP) is 2.64. The van der Waals surface area contributed by atoms with Gasteiger partial charge < -0.3 is 4.90 Å². The molecule has 168 valence electrons. The number of hydrogen-bond donors (Lipinski definition) is 1. The van der Waals surface area contributed by atoms with Gasteiger partial charge in [0.25, 0.3) is 0 Å². The van der Waals surface area contributed by atoms with Crippen LogP contribution in [0.15, 0.2) is 70.6 Å². The van der Waals surface area contributed by atoms with Crippen molar-refractivity contribution in [1.82, 2.24) is 24.6 Å². The van der Waals surface area contributed by atoms with Crippen LogP contribution in [0.1, 0.15) is 18.1 Å². The van der Waals surface area contributed by atoms with Crippen molar-refractivity contribution in [3.63, 3.8) is 0 Å². The maximum Gasteiger partial charge on any atom is 0.343 e. The second-order valence-corrected chi connectivity index (χ2v) is 9.35. The van der Waals surface area contributed by atoms with Crippen LogP contribution in [0.3, 0.4) is 0 Å². The number of rotatable bonds is 8. The molecule has 0 spiro atoms. The van der Waals surface area contributed by atoms with Gasteiger partial charge in [0.1, 0.15) is 0 Å². The molecule has 0 aliphatic carbocycles. The predicted molar refractivity (Wildman–Crippen MR) is 127 cm³/mol. The van der Waals surface area contributed by atoms with Crippen molar-refractivity contribution >= 4 is 17.7 Å². The molecule has 1 aliphatic rings. The van der Waals surface area contributed by atoms with Gasteiger partial charge in [-0.25, -0.2) is 9.89 Å². The van der Waals surface area contributed by atoms with E-state index in [4.69, 9.17) is 0 Å². The number of thioether (sulfide) groups is 1. The summed E-state index contributed by atoms with van der Waals surface area (Å²) in [5, 5.41) is 6.96. The Morgan fingerprint density at radius 3 is 2.28 bits per heavy atom. The van der Waals surface area contributed by atoms with E-state index in [0.29, 0.717) is 11.7 Å². The summed E-state index contributed by atoms with van der Waals surface area (Å²) in [5.41, 5.74) is 2.22. The molecule has 1 saturated heterocycles. The highest BCUT2D eigenvalue weighted by molar-refractivity contribution is 8.00. The van der Waals surface area contributed by atoms with Crippen molar-refractivity contribution in [2.75, 3.05) is 26.2 Å². The normalized spacial score (nSPS) is 15.6. The Balaban J connectivity index is 1.30. The van der Waals surface area contributed by atoms with E-state index < -0.39 is 0 Å². The lowest BCUT2D eigenvalue weighted by atomic mass is 10.1. The van der Waals surface area contributed by atoms with E-state index in [-0.39, 0.29) is 16.8 Å². The van der Waals surface area contributed by atoms with Crippen molar-refractivity contribution < 1.29 is 4.79 Å². The van der Waals surface area contributed by atoms with Crippen LogP contribution in [-0.2, 0) is 24.3 Å². The minimum atomic E-state index is -0.304. The second kappa shape index (κ2) is 10.7. The average Bonchev–Trinajstić information content (AvgIpc) is 3.18. The summed E-state index contributed by atoms with van der Waals surface area (Å²) in [6, 6.07) is 20.5. The molecular formula is C24H29N5O2S. The molecule has 0 unspecified atom stereocenters. The quantitative estimate of drug-likeness (QED) is 0.533. The Bertz CT molecular complexity index is 1060. The molecule has 1 fully saturated rings. The number of piperazine rings is 1. The number of hydrogen-bond acceptors (Lipinski definition) is 5. The van der Waals surface area contributed by atoms with E-state index in [1.807, 2.05) is 48.2 Å². The lowest BCUT2D eigenvalue weighted by molar-refractivity contribution is -0.132. The third-order valence-electron chi connectivity index (χ3n) is 5.75. The van der Waals surface area contributed by atoms with Gasteiger partial charge >= 0.3 is 5.69 Å². The van der Waals surface area contributed by atoms with Crippen LogP contribution < -0.4 is 5.69 Å². The summed E-state index contributed by atoms with van der Waals surface area (Å²) >= 11 is 1.35. The van der Waals surface area contributed by atoms with Crippen molar-refractivity contribution in [2.45, 2.75) is 36.8 Å². The Labute approximate surface area is 192 Å². The summed E-state index contributed by atoms with van der Waals surface area (Å²) < 4.78 is 1.62. The van der Waals surface area contributed by atoms with Crippen LogP contribution in [0.25, 0.3) is 0 Å². The van der Waals surface area contributed by atoms with Crippen molar-refractivity contribution in [3.8, 4) is 0 Å². The summed E-state index contributed by atoms with van der Waals surface area (Å²) in [5.74, 6) is 0.0967. The molecule has 1 amide bonds. The van der Waals surface area contributed by atoms with Gasteiger partial charge in [-0.15, -0.1) is 5.10 Å². The average molecular weight is 452 g/mol. The van der Waals surface area contributed by atoms with Crippen LogP contribution in [0.5, 0.6) is 0 Å². The van der Waals surface area contributed by atoms with E-state index in [1.54, 1.807) is 4.57 Å². The fourth-order valence-corrected chi connectivity index (χ4v) is 4.88. The van der Waals surface area contributed by atoms with Gasteiger partial charge in [-0.05, 0) is 24.5 Å². The van der Waals surface area contributed by atoms with Crippen LogP contribution in [0, 0.1) is 0 Å². The summed E-state index contributed by atoms with van der Waals surface area (Å²) in [6.45, 7) is 6.50. The van der Waals surface area contributed by atoms with E-state index in [9.17, 15) is 9.59 Å². The Morgan fingerprint density at radius 1 is 1.00 bits per heavy atom. The minimum absolute atomic E-state index is 0.0967. The van der Waals surface area contributed by atoms with E-state index in [1.165, 1.54) is 17.3 Å². The molecule has 0 saturated carbocycles. The molecule has 1 atom stereocenters. The van der Waals surface area contributed by atoms with Crippen molar-refractivity contribution in [3.05, 3.63) is 82.3 Å². The number of aryl methyl sites for hydroxylation is 1. The van der Waals surface area contributed by atoms with Crippen LogP contribution >= 0.6 is 11.8 Å². The SMILES string of the molecule is C[C@@H](Sc1n[nH]c(=O)n1CCc1ccccc1)C(=O)N1CCN(Cc2ccccc2)CC1. The number of carbonyl (C=O) groups is 1. The van der Waals surface area contributed by atoms with Gasteiger partial charge in [0.2, 0.25) is 5.91 Å². The lowest BCUT2D eigenvalue weighted by Gasteiger charge is -2.35. The molecule has 8 heteroatoms. The van der Waals surface area contributed by atoms with Crippen molar-refractivity contribution in [1.29, 1.82) is 0 Å². The Kier molecular flexibility index (Phi) is 7.44. The zero-order chi connectivity index (χ0) is 22.3. The molecular weight excluding hydrogens is 422 g/mol.